The topological polar surface area (TPSA) is 144 Å². The van der Waals surface area contributed by atoms with Gasteiger partial charge in [-0.15, -0.1) is 4.40 Å². The molecule has 1 aromatic heterocycles. The zero-order chi connectivity index (χ0) is 24.1. The number of sulfonamides is 1. The standard InChI is InChI=1S/C21H19IN4O6S/c1-11(2)7-8-25-16-6-4-13(26(29)30)10-14(16)19(27)18(21(25)28)20-23-15-5-3-12(22)9-17(15)33(31,32)24-20/h3-6,9-11,27H,7-8H2,1-2H3,(H,23,24). The fourth-order valence-electron chi connectivity index (χ4n) is 3.61. The monoisotopic (exact) mass is 582 g/mol. The van der Waals surface area contributed by atoms with Crippen molar-refractivity contribution in [2.75, 3.05) is 5.32 Å². The van der Waals surface area contributed by atoms with E-state index in [1.807, 2.05) is 36.4 Å². The fraction of sp³-hybridized carbons (Fsp3) is 0.238. The molecule has 2 N–H and O–H groups in total. The molecule has 0 atom stereocenters. The van der Waals surface area contributed by atoms with Gasteiger partial charge in [0.25, 0.3) is 21.3 Å². The SMILES string of the molecule is CC(C)CCn1c(=O)c(C2=NS(=O)(=O)c3cc(I)ccc3N2)c(O)c2cc([N+](=O)[O-])ccc21. The van der Waals surface area contributed by atoms with Crippen molar-refractivity contribution in [3.63, 3.8) is 0 Å². The van der Waals surface area contributed by atoms with Gasteiger partial charge in [-0.25, -0.2) is 0 Å². The molecule has 172 valence electrons. The van der Waals surface area contributed by atoms with Crippen molar-refractivity contribution in [2.24, 2.45) is 10.3 Å². The van der Waals surface area contributed by atoms with Gasteiger partial charge in [0.1, 0.15) is 16.2 Å². The normalized spacial score (nSPS) is 14.6. The van der Waals surface area contributed by atoms with E-state index >= 15 is 0 Å². The van der Waals surface area contributed by atoms with Gasteiger partial charge in [0, 0.05) is 27.6 Å². The van der Waals surface area contributed by atoms with Crippen LogP contribution in [0.3, 0.4) is 0 Å². The van der Waals surface area contributed by atoms with Gasteiger partial charge >= 0.3 is 0 Å². The van der Waals surface area contributed by atoms with Crippen molar-refractivity contribution < 1.29 is 18.4 Å². The number of anilines is 1. The number of nitrogens with zero attached hydrogens (tertiary/aromatic N) is 3. The van der Waals surface area contributed by atoms with Gasteiger partial charge in [-0.1, -0.05) is 13.8 Å². The number of rotatable bonds is 5. The summed E-state index contributed by atoms with van der Waals surface area (Å²) in [7, 11) is -4.16. The molecule has 0 fully saturated rings. The largest absolute Gasteiger partial charge is 0.506 e. The highest BCUT2D eigenvalue weighted by molar-refractivity contribution is 14.1. The van der Waals surface area contributed by atoms with Gasteiger partial charge in [-0.2, -0.15) is 8.42 Å². The molecule has 0 radical (unpaired) electrons. The Bertz CT molecular complexity index is 1510. The van der Waals surface area contributed by atoms with Crippen molar-refractivity contribution in [1.29, 1.82) is 0 Å². The van der Waals surface area contributed by atoms with E-state index in [2.05, 4.69) is 9.71 Å². The van der Waals surface area contributed by atoms with E-state index in [4.69, 9.17) is 0 Å². The van der Waals surface area contributed by atoms with E-state index in [-0.39, 0.29) is 45.5 Å². The number of hydrogen-bond acceptors (Lipinski definition) is 7. The number of nitro groups is 1. The minimum Gasteiger partial charge on any atom is -0.506 e. The lowest BCUT2D eigenvalue weighted by Crippen LogP contribution is -2.33. The van der Waals surface area contributed by atoms with Crippen LogP contribution in [0.2, 0.25) is 0 Å². The zero-order valence-electron chi connectivity index (χ0n) is 17.6. The van der Waals surface area contributed by atoms with Gasteiger partial charge in [-0.05, 0) is 59.2 Å². The van der Waals surface area contributed by atoms with E-state index in [1.54, 1.807) is 12.1 Å². The third-order valence-corrected chi connectivity index (χ3v) is 7.27. The van der Waals surface area contributed by atoms with E-state index in [0.717, 1.165) is 6.07 Å². The Balaban J connectivity index is 2.01. The van der Waals surface area contributed by atoms with Crippen LogP contribution in [0.4, 0.5) is 11.4 Å². The Hall–Kier alpha value is -3.00. The van der Waals surface area contributed by atoms with Gasteiger partial charge in [0.15, 0.2) is 5.84 Å². The molecule has 0 spiro atoms. The number of amidine groups is 1. The smallest absolute Gasteiger partial charge is 0.286 e. The van der Waals surface area contributed by atoms with Crippen LogP contribution in [0.5, 0.6) is 5.75 Å². The fourth-order valence-corrected chi connectivity index (χ4v) is 5.46. The summed E-state index contributed by atoms with van der Waals surface area (Å²) < 4.78 is 31.5. The van der Waals surface area contributed by atoms with Gasteiger partial charge in [0.2, 0.25) is 0 Å². The van der Waals surface area contributed by atoms with E-state index < -0.39 is 26.3 Å². The van der Waals surface area contributed by atoms with Gasteiger partial charge < -0.3 is 15.0 Å². The van der Waals surface area contributed by atoms with Crippen molar-refractivity contribution in [2.45, 2.75) is 31.7 Å². The Kier molecular flexibility index (Phi) is 5.90. The predicted octanol–water partition coefficient (Wildman–Crippen LogP) is 3.83. The molecule has 1 aliphatic rings. The average Bonchev–Trinajstić information content (AvgIpc) is 2.73. The average molecular weight is 582 g/mol. The van der Waals surface area contributed by atoms with Crippen molar-refractivity contribution in [3.05, 3.63) is 66.0 Å². The number of aromatic hydroxyl groups is 1. The molecule has 2 aromatic carbocycles. The van der Waals surface area contributed by atoms with Crippen LogP contribution in [-0.2, 0) is 16.6 Å². The lowest BCUT2D eigenvalue weighted by Gasteiger charge is -2.21. The number of aromatic nitrogens is 1. The maximum Gasteiger partial charge on any atom is 0.286 e. The lowest BCUT2D eigenvalue weighted by molar-refractivity contribution is -0.384. The zero-order valence-corrected chi connectivity index (χ0v) is 20.5. The molecule has 33 heavy (non-hydrogen) atoms. The quantitative estimate of drug-likeness (QED) is 0.264. The van der Waals surface area contributed by atoms with Crippen LogP contribution in [0.1, 0.15) is 25.8 Å². The second kappa shape index (κ2) is 8.41. The van der Waals surface area contributed by atoms with E-state index in [0.29, 0.717) is 15.5 Å². The third kappa shape index (κ3) is 4.19. The van der Waals surface area contributed by atoms with Crippen LogP contribution >= 0.6 is 22.6 Å². The molecular weight excluding hydrogens is 563 g/mol. The molecule has 4 rings (SSSR count). The summed E-state index contributed by atoms with van der Waals surface area (Å²) in [6.07, 6.45) is 0.621. The molecule has 10 nitrogen and oxygen atoms in total. The summed E-state index contributed by atoms with van der Waals surface area (Å²) in [6, 6.07) is 8.50. The number of non-ortho nitro benzene ring substituents is 1. The number of pyridine rings is 1. The molecule has 2 heterocycles. The summed E-state index contributed by atoms with van der Waals surface area (Å²) in [4.78, 5) is 24.1. The summed E-state index contributed by atoms with van der Waals surface area (Å²) in [5.41, 5.74) is -0.762. The molecule has 0 amide bonds. The first-order valence-corrected chi connectivity index (χ1v) is 12.5. The molecule has 0 bridgehead atoms. The first-order chi connectivity index (χ1) is 15.5. The summed E-state index contributed by atoms with van der Waals surface area (Å²) in [6.45, 7) is 4.24. The maximum absolute atomic E-state index is 13.5. The second-order valence-corrected chi connectivity index (χ2v) is 10.8. The minimum absolute atomic E-state index is 0.0470. The third-order valence-electron chi connectivity index (χ3n) is 5.29. The van der Waals surface area contributed by atoms with Crippen LogP contribution in [0.15, 0.2) is 50.5 Å². The summed E-state index contributed by atoms with van der Waals surface area (Å²) >= 11 is 1.98. The minimum atomic E-state index is -4.16. The first-order valence-electron chi connectivity index (χ1n) is 9.95. The molecule has 1 aliphatic heterocycles. The number of nitrogens with one attached hydrogen (secondary N) is 1. The van der Waals surface area contributed by atoms with Crippen molar-refractivity contribution in [1.82, 2.24) is 4.57 Å². The van der Waals surface area contributed by atoms with Gasteiger partial charge in [0.05, 0.1) is 16.1 Å². The molecule has 0 saturated heterocycles. The molecule has 3 aromatic rings. The van der Waals surface area contributed by atoms with Crippen LogP contribution in [0, 0.1) is 19.6 Å². The molecular formula is C21H19IN4O6S. The van der Waals surface area contributed by atoms with Crippen molar-refractivity contribution in [3.8, 4) is 5.75 Å². The highest BCUT2D eigenvalue weighted by Crippen LogP contribution is 2.34. The Morgan fingerprint density at radius 2 is 1.97 bits per heavy atom. The Morgan fingerprint density at radius 1 is 1.24 bits per heavy atom. The number of benzene rings is 2. The molecule has 0 unspecified atom stereocenters. The summed E-state index contributed by atoms with van der Waals surface area (Å²) in [5, 5.41) is 25.2. The van der Waals surface area contributed by atoms with E-state index in [9.17, 15) is 28.4 Å². The molecule has 12 heteroatoms. The molecule has 0 aliphatic carbocycles. The Labute approximate surface area is 202 Å². The van der Waals surface area contributed by atoms with Crippen LogP contribution < -0.4 is 10.9 Å². The highest BCUT2D eigenvalue weighted by atomic mass is 127. The van der Waals surface area contributed by atoms with Gasteiger partial charge in [-0.3, -0.25) is 14.9 Å². The maximum atomic E-state index is 13.5. The Morgan fingerprint density at radius 3 is 2.64 bits per heavy atom. The van der Waals surface area contributed by atoms with Crippen LogP contribution in [0.25, 0.3) is 10.9 Å². The van der Waals surface area contributed by atoms with Crippen LogP contribution in [-0.4, -0.2) is 28.9 Å². The summed E-state index contributed by atoms with van der Waals surface area (Å²) in [5.74, 6) is -0.657. The highest BCUT2D eigenvalue weighted by Gasteiger charge is 2.30. The van der Waals surface area contributed by atoms with E-state index in [1.165, 1.54) is 22.8 Å². The van der Waals surface area contributed by atoms with Crippen molar-refractivity contribution >= 4 is 60.7 Å². The number of hydrogen-bond donors (Lipinski definition) is 2. The molecule has 0 saturated carbocycles. The lowest BCUT2D eigenvalue weighted by atomic mass is 10.1. The number of aryl methyl sites for hydroxylation is 1. The first kappa shape index (κ1) is 23.2. The second-order valence-electron chi connectivity index (χ2n) is 8.00. The number of nitro benzene ring substituents is 1. The predicted molar refractivity (Wildman–Crippen MR) is 132 cm³/mol. The number of fused-ring (bicyclic) bond motifs is 2. The number of halogens is 1.